The summed E-state index contributed by atoms with van der Waals surface area (Å²) in [6, 6.07) is 17.1. The predicted molar refractivity (Wildman–Crippen MR) is 102 cm³/mol. The maximum Gasteiger partial charge on any atom is 0.240 e. The lowest BCUT2D eigenvalue weighted by atomic mass is 10.1. The van der Waals surface area contributed by atoms with Crippen LogP contribution >= 0.6 is 11.8 Å². The SMILES string of the molecule is CCc1ccc(NC(=O)C[C@H]2SC(=Nc3ccccc3)NC2=O)cc1. The second kappa shape index (κ2) is 7.98. The molecule has 1 aliphatic heterocycles. The molecule has 0 bridgehead atoms. The molecule has 0 aromatic heterocycles. The van der Waals surface area contributed by atoms with E-state index < -0.39 is 5.25 Å². The van der Waals surface area contributed by atoms with Crippen molar-refractivity contribution in [2.75, 3.05) is 5.32 Å². The topological polar surface area (TPSA) is 70.6 Å². The van der Waals surface area contributed by atoms with Gasteiger partial charge in [-0.3, -0.25) is 9.59 Å². The summed E-state index contributed by atoms with van der Waals surface area (Å²) in [4.78, 5) is 28.6. The van der Waals surface area contributed by atoms with Crippen molar-refractivity contribution in [3.05, 3.63) is 60.2 Å². The Hall–Kier alpha value is -2.60. The lowest BCUT2D eigenvalue weighted by Crippen LogP contribution is -2.28. The number of carbonyl (C=O) groups excluding carboxylic acids is 2. The highest BCUT2D eigenvalue weighted by Crippen LogP contribution is 2.25. The Morgan fingerprint density at radius 2 is 1.88 bits per heavy atom. The number of carbonyl (C=O) groups is 2. The van der Waals surface area contributed by atoms with Crippen LogP contribution in [0.5, 0.6) is 0 Å². The summed E-state index contributed by atoms with van der Waals surface area (Å²) in [7, 11) is 0. The molecule has 1 saturated heterocycles. The summed E-state index contributed by atoms with van der Waals surface area (Å²) >= 11 is 1.29. The molecule has 1 heterocycles. The molecule has 128 valence electrons. The van der Waals surface area contributed by atoms with Gasteiger partial charge in [0.25, 0.3) is 0 Å². The minimum atomic E-state index is -0.461. The summed E-state index contributed by atoms with van der Waals surface area (Å²) in [5.74, 6) is -0.367. The highest BCUT2D eigenvalue weighted by atomic mass is 32.2. The van der Waals surface area contributed by atoms with E-state index in [9.17, 15) is 9.59 Å². The van der Waals surface area contributed by atoms with Crippen LogP contribution in [0, 0.1) is 0 Å². The standard InChI is InChI=1S/C19H19N3O2S/c1-2-13-8-10-15(11-9-13)20-17(23)12-16-18(24)22-19(25-16)21-14-6-4-3-5-7-14/h3-11,16H,2,12H2,1H3,(H,20,23)(H,21,22,24)/t16-/m1/s1. The van der Waals surface area contributed by atoms with Crippen LogP contribution in [0.3, 0.4) is 0 Å². The third-order valence-electron chi connectivity index (χ3n) is 3.78. The number of nitrogens with zero attached hydrogens (tertiary/aromatic N) is 1. The molecule has 3 rings (SSSR count). The second-order valence-electron chi connectivity index (χ2n) is 5.65. The number of hydrogen-bond acceptors (Lipinski definition) is 4. The highest BCUT2D eigenvalue weighted by molar-refractivity contribution is 8.15. The van der Waals surface area contributed by atoms with Crippen LogP contribution < -0.4 is 10.6 Å². The zero-order valence-electron chi connectivity index (χ0n) is 13.9. The van der Waals surface area contributed by atoms with Gasteiger partial charge >= 0.3 is 0 Å². The number of hydrogen-bond donors (Lipinski definition) is 2. The fraction of sp³-hybridized carbons (Fsp3) is 0.211. The van der Waals surface area contributed by atoms with Gasteiger partial charge in [0.15, 0.2) is 5.17 Å². The van der Waals surface area contributed by atoms with Crippen molar-refractivity contribution in [2.24, 2.45) is 4.99 Å². The molecule has 0 saturated carbocycles. The number of aliphatic imine (C=N–C) groups is 1. The minimum absolute atomic E-state index is 0.111. The lowest BCUT2D eigenvalue weighted by molar-refractivity contribution is -0.122. The van der Waals surface area contributed by atoms with E-state index in [0.29, 0.717) is 5.17 Å². The summed E-state index contributed by atoms with van der Waals surface area (Å²) in [6.07, 6.45) is 1.07. The first-order valence-electron chi connectivity index (χ1n) is 8.14. The number of nitrogens with one attached hydrogen (secondary N) is 2. The van der Waals surface area contributed by atoms with Crippen LogP contribution in [0.4, 0.5) is 11.4 Å². The van der Waals surface area contributed by atoms with Crippen molar-refractivity contribution in [3.8, 4) is 0 Å². The Kier molecular flexibility index (Phi) is 5.50. The predicted octanol–water partition coefficient (Wildman–Crippen LogP) is 3.50. The normalized spacial score (nSPS) is 18.2. The van der Waals surface area contributed by atoms with Crippen LogP contribution in [0.25, 0.3) is 0 Å². The monoisotopic (exact) mass is 353 g/mol. The molecule has 2 amide bonds. The molecule has 0 spiro atoms. The van der Waals surface area contributed by atoms with Crippen LogP contribution in [0.1, 0.15) is 18.9 Å². The van der Waals surface area contributed by atoms with Crippen LogP contribution in [0.2, 0.25) is 0 Å². The Labute approximate surface area is 150 Å². The number of amidine groups is 1. The maximum absolute atomic E-state index is 12.2. The molecule has 6 heteroatoms. The number of para-hydroxylation sites is 1. The second-order valence-corrected chi connectivity index (χ2v) is 6.84. The van der Waals surface area contributed by atoms with E-state index in [-0.39, 0.29) is 18.2 Å². The molecule has 2 N–H and O–H groups in total. The average Bonchev–Trinajstić information content (AvgIpc) is 2.95. The maximum atomic E-state index is 12.2. The fourth-order valence-corrected chi connectivity index (χ4v) is 3.40. The zero-order valence-corrected chi connectivity index (χ0v) is 14.7. The lowest BCUT2D eigenvalue weighted by Gasteiger charge is -2.08. The van der Waals surface area contributed by atoms with E-state index >= 15 is 0 Å². The van der Waals surface area contributed by atoms with Crippen molar-refractivity contribution in [3.63, 3.8) is 0 Å². The third-order valence-corrected chi connectivity index (χ3v) is 4.86. The quantitative estimate of drug-likeness (QED) is 0.864. The van der Waals surface area contributed by atoms with Gasteiger partial charge in [0.2, 0.25) is 11.8 Å². The van der Waals surface area contributed by atoms with Crippen molar-refractivity contribution in [1.29, 1.82) is 0 Å². The van der Waals surface area contributed by atoms with Gasteiger partial charge in [-0.25, -0.2) is 4.99 Å². The summed E-state index contributed by atoms with van der Waals surface area (Å²) in [6.45, 7) is 2.08. The molecule has 1 atom stereocenters. The van der Waals surface area contributed by atoms with Gasteiger partial charge < -0.3 is 10.6 Å². The largest absolute Gasteiger partial charge is 0.326 e. The molecule has 1 aliphatic rings. The number of rotatable bonds is 5. The van der Waals surface area contributed by atoms with Crippen molar-refractivity contribution in [1.82, 2.24) is 5.32 Å². The van der Waals surface area contributed by atoms with Gasteiger partial charge in [0, 0.05) is 12.1 Å². The van der Waals surface area contributed by atoms with E-state index in [1.807, 2.05) is 54.6 Å². The minimum Gasteiger partial charge on any atom is -0.326 e. The number of thioether (sulfide) groups is 1. The first-order valence-corrected chi connectivity index (χ1v) is 9.02. The van der Waals surface area contributed by atoms with Gasteiger partial charge in [-0.05, 0) is 36.2 Å². The highest BCUT2D eigenvalue weighted by Gasteiger charge is 2.32. The average molecular weight is 353 g/mol. The smallest absolute Gasteiger partial charge is 0.240 e. The first-order chi connectivity index (χ1) is 12.1. The summed E-state index contributed by atoms with van der Waals surface area (Å²) in [5.41, 5.74) is 2.72. The van der Waals surface area contributed by atoms with E-state index in [0.717, 1.165) is 17.8 Å². The molecular formula is C19H19N3O2S. The number of amides is 2. The number of benzene rings is 2. The van der Waals surface area contributed by atoms with Gasteiger partial charge in [0.1, 0.15) is 5.25 Å². The molecule has 1 fully saturated rings. The molecule has 5 nitrogen and oxygen atoms in total. The Bertz CT molecular complexity index is 788. The van der Waals surface area contributed by atoms with Crippen molar-refractivity contribution >= 4 is 40.1 Å². The Morgan fingerprint density at radius 3 is 2.56 bits per heavy atom. The van der Waals surface area contributed by atoms with E-state index in [1.165, 1.54) is 17.3 Å². The molecule has 0 unspecified atom stereocenters. The number of anilines is 1. The van der Waals surface area contributed by atoms with E-state index in [1.54, 1.807) is 0 Å². The Morgan fingerprint density at radius 1 is 1.16 bits per heavy atom. The summed E-state index contributed by atoms with van der Waals surface area (Å²) in [5, 5.41) is 5.63. The summed E-state index contributed by atoms with van der Waals surface area (Å²) < 4.78 is 0. The Balaban J connectivity index is 1.58. The molecule has 25 heavy (non-hydrogen) atoms. The van der Waals surface area contributed by atoms with Crippen LogP contribution in [-0.4, -0.2) is 22.2 Å². The van der Waals surface area contributed by atoms with Crippen LogP contribution in [0.15, 0.2) is 59.6 Å². The molecule has 2 aromatic carbocycles. The molecule has 0 radical (unpaired) electrons. The molecular weight excluding hydrogens is 334 g/mol. The van der Waals surface area contributed by atoms with E-state index in [2.05, 4.69) is 22.5 Å². The molecule has 0 aliphatic carbocycles. The zero-order chi connectivity index (χ0) is 17.6. The van der Waals surface area contributed by atoms with Gasteiger partial charge in [-0.1, -0.05) is 49.0 Å². The third kappa shape index (κ3) is 4.70. The van der Waals surface area contributed by atoms with Gasteiger partial charge in [0.05, 0.1) is 5.69 Å². The molecule has 2 aromatic rings. The first kappa shape index (κ1) is 17.2. The van der Waals surface area contributed by atoms with E-state index in [4.69, 9.17) is 0 Å². The van der Waals surface area contributed by atoms with Crippen molar-refractivity contribution < 1.29 is 9.59 Å². The van der Waals surface area contributed by atoms with Gasteiger partial charge in [-0.2, -0.15) is 0 Å². The van der Waals surface area contributed by atoms with Crippen molar-refractivity contribution in [2.45, 2.75) is 25.0 Å². The fourth-order valence-electron chi connectivity index (χ4n) is 2.42. The van der Waals surface area contributed by atoms with Gasteiger partial charge in [-0.15, -0.1) is 0 Å². The number of aryl methyl sites for hydroxylation is 1. The van der Waals surface area contributed by atoms with Crippen LogP contribution in [-0.2, 0) is 16.0 Å².